The Kier molecular flexibility index (Phi) is 6.58. The predicted octanol–water partition coefficient (Wildman–Crippen LogP) is 1.60. The number of benzene rings is 1. The van der Waals surface area contributed by atoms with Crippen LogP contribution in [0.3, 0.4) is 0 Å². The minimum absolute atomic E-state index is 0. The van der Waals surface area contributed by atoms with Gasteiger partial charge >= 0.3 is 0 Å². The Morgan fingerprint density at radius 3 is 2.38 bits per heavy atom. The van der Waals surface area contributed by atoms with Crippen molar-refractivity contribution in [3.63, 3.8) is 0 Å². The highest BCUT2D eigenvalue weighted by atomic mass is 35.5. The van der Waals surface area contributed by atoms with Gasteiger partial charge in [-0.05, 0) is 50.0 Å². The van der Waals surface area contributed by atoms with Gasteiger partial charge in [-0.25, -0.2) is 8.42 Å². The molecule has 146 valence electrons. The van der Waals surface area contributed by atoms with Gasteiger partial charge in [-0.3, -0.25) is 4.79 Å². The van der Waals surface area contributed by atoms with E-state index in [1.54, 1.807) is 12.0 Å². The molecule has 0 saturated carbocycles. The molecule has 1 unspecified atom stereocenters. The van der Waals surface area contributed by atoms with Gasteiger partial charge in [-0.2, -0.15) is 0 Å². The molecular formula is C18H27ClN2O4S. The van der Waals surface area contributed by atoms with Gasteiger partial charge in [0.2, 0.25) is 5.91 Å². The Morgan fingerprint density at radius 2 is 1.85 bits per heavy atom. The van der Waals surface area contributed by atoms with Crippen molar-refractivity contribution in [2.24, 2.45) is 0 Å². The van der Waals surface area contributed by atoms with Crippen LogP contribution in [0.4, 0.5) is 0 Å². The van der Waals surface area contributed by atoms with Crippen LogP contribution in [0.25, 0.3) is 0 Å². The fourth-order valence-corrected chi connectivity index (χ4v) is 5.35. The second-order valence-electron chi connectivity index (χ2n) is 7.03. The van der Waals surface area contributed by atoms with Gasteiger partial charge in [-0.1, -0.05) is 12.1 Å². The van der Waals surface area contributed by atoms with Crippen molar-refractivity contribution in [3.05, 3.63) is 29.8 Å². The lowest BCUT2D eigenvalue weighted by atomic mass is 9.95. The number of ether oxygens (including phenoxy) is 1. The molecule has 2 saturated heterocycles. The zero-order valence-corrected chi connectivity index (χ0v) is 16.9. The number of sulfone groups is 1. The van der Waals surface area contributed by atoms with E-state index in [0.29, 0.717) is 39.0 Å². The Hall–Kier alpha value is -1.31. The molecule has 2 aliphatic heterocycles. The van der Waals surface area contributed by atoms with Gasteiger partial charge < -0.3 is 15.0 Å². The molecule has 0 spiro atoms. The summed E-state index contributed by atoms with van der Waals surface area (Å²) in [4.78, 5) is 14.9. The van der Waals surface area contributed by atoms with Crippen LogP contribution < -0.4 is 10.1 Å². The molecule has 1 atom stereocenters. The molecule has 0 aromatic heterocycles. The van der Waals surface area contributed by atoms with Crippen LogP contribution in [0.1, 0.15) is 30.7 Å². The van der Waals surface area contributed by atoms with Crippen LogP contribution in [0.2, 0.25) is 0 Å². The number of nitrogens with zero attached hydrogens (tertiary/aromatic N) is 1. The summed E-state index contributed by atoms with van der Waals surface area (Å²) in [6.45, 7) is 2.32. The zero-order valence-electron chi connectivity index (χ0n) is 15.2. The molecule has 1 aromatic rings. The summed E-state index contributed by atoms with van der Waals surface area (Å²) in [5, 5.41) is 3.16. The van der Waals surface area contributed by atoms with Crippen molar-refractivity contribution in [2.45, 2.75) is 29.9 Å². The molecule has 1 aromatic carbocycles. The molecule has 26 heavy (non-hydrogen) atoms. The maximum absolute atomic E-state index is 13.1. The van der Waals surface area contributed by atoms with Crippen LogP contribution in [-0.4, -0.2) is 63.5 Å². The van der Waals surface area contributed by atoms with Gasteiger partial charge in [0, 0.05) is 25.3 Å². The standard InChI is InChI=1S/C18H26N2O4S.ClH/c1-24-16-5-3-14(4-6-16)15-7-12-20(13-15)17(21)18(25(2,22)23)8-10-19-11-9-18;/h3-6,15,19H,7-13H2,1-2H3;1H. The minimum Gasteiger partial charge on any atom is -0.497 e. The number of methoxy groups -OCH3 is 1. The van der Waals surface area contributed by atoms with Gasteiger partial charge in [0.05, 0.1) is 7.11 Å². The number of hydrogen-bond acceptors (Lipinski definition) is 5. The van der Waals surface area contributed by atoms with E-state index in [-0.39, 0.29) is 24.2 Å². The number of carbonyl (C=O) groups is 1. The second kappa shape index (κ2) is 8.15. The number of nitrogens with one attached hydrogen (secondary N) is 1. The van der Waals surface area contributed by atoms with E-state index in [1.807, 2.05) is 24.3 Å². The van der Waals surface area contributed by atoms with Crippen LogP contribution in [-0.2, 0) is 14.6 Å². The van der Waals surface area contributed by atoms with Crippen molar-refractivity contribution >= 4 is 28.2 Å². The van der Waals surface area contributed by atoms with E-state index >= 15 is 0 Å². The maximum Gasteiger partial charge on any atom is 0.244 e. The summed E-state index contributed by atoms with van der Waals surface area (Å²) >= 11 is 0. The van der Waals surface area contributed by atoms with Crippen LogP contribution in [0.15, 0.2) is 24.3 Å². The third-order valence-corrected chi connectivity index (χ3v) is 7.58. The van der Waals surface area contributed by atoms with Gasteiger partial charge in [-0.15, -0.1) is 12.4 Å². The zero-order chi connectivity index (χ0) is 18.1. The number of piperidine rings is 1. The third kappa shape index (κ3) is 3.85. The quantitative estimate of drug-likeness (QED) is 0.827. The number of hydrogen-bond donors (Lipinski definition) is 1. The lowest BCUT2D eigenvalue weighted by Gasteiger charge is -2.37. The molecule has 2 heterocycles. The van der Waals surface area contributed by atoms with E-state index in [9.17, 15) is 13.2 Å². The minimum atomic E-state index is -3.46. The average Bonchev–Trinajstić information content (AvgIpc) is 3.11. The second-order valence-corrected chi connectivity index (χ2v) is 9.35. The highest BCUT2D eigenvalue weighted by molar-refractivity contribution is 7.92. The molecule has 3 rings (SSSR count). The Morgan fingerprint density at radius 1 is 1.23 bits per heavy atom. The maximum atomic E-state index is 13.1. The van der Waals surface area contributed by atoms with E-state index in [0.717, 1.165) is 17.7 Å². The predicted molar refractivity (Wildman–Crippen MR) is 104 cm³/mol. The molecule has 1 amide bonds. The smallest absolute Gasteiger partial charge is 0.244 e. The van der Waals surface area contributed by atoms with E-state index in [1.165, 1.54) is 6.26 Å². The third-order valence-electron chi connectivity index (χ3n) is 5.57. The van der Waals surface area contributed by atoms with Gasteiger partial charge in [0.1, 0.15) is 5.75 Å². The monoisotopic (exact) mass is 402 g/mol. The van der Waals surface area contributed by atoms with Crippen molar-refractivity contribution in [3.8, 4) is 5.75 Å². The average molecular weight is 403 g/mol. The first-order chi connectivity index (χ1) is 11.9. The molecule has 0 radical (unpaired) electrons. The molecule has 8 heteroatoms. The Labute approximate surface area is 161 Å². The van der Waals surface area contributed by atoms with Gasteiger partial charge in [0.15, 0.2) is 14.6 Å². The number of carbonyl (C=O) groups excluding carboxylic acids is 1. The van der Waals surface area contributed by atoms with Crippen LogP contribution in [0, 0.1) is 0 Å². The molecule has 1 N–H and O–H groups in total. The van der Waals surface area contributed by atoms with Crippen LogP contribution >= 0.6 is 12.4 Å². The summed E-state index contributed by atoms with van der Waals surface area (Å²) in [7, 11) is -1.83. The molecule has 0 aliphatic carbocycles. The van der Waals surface area contributed by atoms with Crippen molar-refractivity contribution in [2.75, 3.05) is 39.5 Å². The number of rotatable bonds is 4. The highest BCUT2D eigenvalue weighted by Crippen LogP contribution is 2.35. The first-order valence-electron chi connectivity index (χ1n) is 8.71. The number of likely N-dealkylation sites (tertiary alicyclic amines) is 1. The molecule has 6 nitrogen and oxygen atoms in total. The van der Waals surface area contributed by atoms with E-state index < -0.39 is 14.6 Å². The fourth-order valence-electron chi connectivity index (χ4n) is 3.95. The SMILES string of the molecule is COc1ccc(C2CCN(C(=O)C3(S(C)(=O)=O)CCNCC3)C2)cc1.Cl. The van der Waals surface area contributed by atoms with E-state index in [4.69, 9.17) is 4.74 Å². The summed E-state index contributed by atoms with van der Waals surface area (Å²) in [6, 6.07) is 7.89. The summed E-state index contributed by atoms with van der Waals surface area (Å²) in [5.74, 6) is 0.834. The number of halogens is 1. The Bertz CT molecular complexity index is 730. The lowest BCUT2D eigenvalue weighted by Crippen LogP contribution is -2.57. The van der Waals surface area contributed by atoms with Gasteiger partial charge in [0.25, 0.3) is 0 Å². The normalized spacial score (nSPS) is 22.5. The first kappa shape index (κ1) is 21.0. The highest BCUT2D eigenvalue weighted by Gasteiger charge is 2.51. The Balaban J connectivity index is 0.00000243. The topological polar surface area (TPSA) is 75.7 Å². The fraction of sp³-hybridized carbons (Fsp3) is 0.611. The molecular weight excluding hydrogens is 376 g/mol. The molecule has 2 fully saturated rings. The summed E-state index contributed by atoms with van der Waals surface area (Å²) in [6.07, 6.45) is 2.77. The van der Waals surface area contributed by atoms with Crippen LogP contribution in [0.5, 0.6) is 5.75 Å². The first-order valence-corrected chi connectivity index (χ1v) is 10.6. The summed E-state index contributed by atoms with van der Waals surface area (Å²) < 4.78 is 28.8. The van der Waals surface area contributed by atoms with Crippen molar-refractivity contribution in [1.82, 2.24) is 10.2 Å². The molecule has 2 aliphatic rings. The van der Waals surface area contributed by atoms with Crippen molar-refractivity contribution < 1.29 is 17.9 Å². The number of amides is 1. The largest absolute Gasteiger partial charge is 0.497 e. The molecule has 0 bridgehead atoms. The lowest BCUT2D eigenvalue weighted by molar-refractivity contribution is -0.133. The van der Waals surface area contributed by atoms with Crippen molar-refractivity contribution in [1.29, 1.82) is 0 Å². The summed E-state index contributed by atoms with van der Waals surface area (Å²) in [5.41, 5.74) is 1.16. The van der Waals surface area contributed by atoms with E-state index in [2.05, 4.69) is 5.32 Å².